The van der Waals surface area contributed by atoms with Crippen molar-refractivity contribution in [3.05, 3.63) is 52.0 Å². The molecule has 3 nitrogen and oxygen atoms in total. The van der Waals surface area contributed by atoms with Crippen LogP contribution in [0.5, 0.6) is 5.75 Å². The lowest BCUT2D eigenvalue weighted by atomic mass is 10.1. The van der Waals surface area contributed by atoms with Gasteiger partial charge in [0.05, 0.1) is 13.7 Å². The lowest BCUT2D eigenvalue weighted by Crippen LogP contribution is -2.32. The highest BCUT2D eigenvalue weighted by atomic mass is 32.1. The minimum atomic E-state index is -0.380. The Kier molecular flexibility index (Phi) is 4.96. The van der Waals surface area contributed by atoms with E-state index in [2.05, 4.69) is 6.07 Å². The number of rotatable bonds is 7. The van der Waals surface area contributed by atoms with E-state index in [1.165, 1.54) is 18.1 Å². The van der Waals surface area contributed by atoms with Crippen LogP contribution in [0.4, 0.5) is 4.39 Å². The molecule has 0 radical (unpaired) electrons. The normalized spacial score (nSPS) is 13.8. The SMILES string of the molecule is COc1ccc(CCC(=O)N(Cc2cccs2)C2CC2)cc1F. The summed E-state index contributed by atoms with van der Waals surface area (Å²) in [5, 5.41) is 2.03. The molecule has 1 aliphatic rings. The molecule has 0 N–H and O–H groups in total. The van der Waals surface area contributed by atoms with Gasteiger partial charge in [0, 0.05) is 17.3 Å². The maximum Gasteiger partial charge on any atom is 0.223 e. The third kappa shape index (κ3) is 4.10. The molecular weight excluding hydrogens is 313 g/mol. The van der Waals surface area contributed by atoms with Gasteiger partial charge in [-0.15, -0.1) is 11.3 Å². The van der Waals surface area contributed by atoms with Crippen LogP contribution in [0.3, 0.4) is 0 Å². The molecule has 23 heavy (non-hydrogen) atoms. The van der Waals surface area contributed by atoms with Gasteiger partial charge in [0.1, 0.15) is 0 Å². The topological polar surface area (TPSA) is 29.5 Å². The van der Waals surface area contributed by atoms with Gasteiger partial charge in [0.15, 0.2) is 11.6 Å². The van der Waals surface area contributed by atoms with Crippen molar-refractivity contribution in [2.75, 3.05) is 7.11 Å². The van der Waals surface area contributed by atoms with E-state index >= 15 is 0 Å². The number of carbonyl (C=O) groups excluding carboxylic acids is 1. The molecule has 1 aromatic heterocycles. The summed E-state index contributed by atoms with van der Waals surface area (Å²) in [6, 6.07) is 9.33. The first-order valence-corrected chi connectivity index (χ1v) is 8.69. The summed E-state index contributed by atoms with van der Waals surface area (Å²) in [5.41, 5.74) is 0.823. The molecule has 1 heterocycles. The standard InChI is InChI=1S/C18H20FNO2S/c1-22-17-8-4-13(11-16(17)19)5-9-18(21)20(14-6-7-14)12-15-3-2-10-23-15/h2-4,8,10-11,14H,5-7,9,12H2,1H3. The van der Waals surface area contributed by atoms with Gasteiger partial charge < -0.3 is 9.64 Å². The Bertz CT molecular complexity index is 668. The van der Waals surface area contributed by atoms with Crippen molar-refractivity contribution in [2.24, 2.45) is 0 Å². The molecule has 122 valence electrons. The highest BCUT2D eigenvalue weighted by Crippen LogP contribution is 2.30. The van der Waals surface area contributed by atoms with Crippen LogP contribution in [0.15, 0.2) is 35.7 Å². The first kappa shape index (κ1) is 16.0. The van der Waals surface area contributed by atoms with Gasteiger partial charge in [-0.3, -0.25) is 4.79 Å². The number of aryl methyl sites for hydroxylation is 1. The van der Waals surface area contributed by atoms with Crippen LogP contribution in [-0.2, 0) is 17.8 Å². The lowest BCUT2D eigenvalue weighted by molar-refractivity contribution is -0.132. The van der Waals surface area contributed by atoms with E-state index in [0.29, 0.717) is 25.4 Å². The highest BCUT2D eigenvalue weighted by molar-refractivity contribution is 7.09. The molecule has 0 aliphatic heterocycles. The van der Waals surface area contributed by atoms with Crippen LogP contribution in [0.25, 0.3) is 0 Å². The minimum absolute atomic E-state index is 0.150. The summed E-state index contributed by atoms with van der Waals surface area (Å²) in [6.45, 7) is 0.693. The molecule has 1 aliphatic carbocycles. The van der Waals surface area contributed by atoms with Gasteiger partial charge in [0.2, 0.25) is 5.91 Å². The van der Waals surface area contributed by atoms with Crippen LogP contribution in [0.2, 0.25) is 0 Å². The minimum Gasteiger partial charge on any atom is -0.494 e. The number of hydrogen-bond donors (Lipinski definition) is 0. The number of carbonyl (C=O) groups is 1. The van der Waals surface area contributed by atoms with E-state index in [9.17, 15) is 9.18 Å². The molecule has 0 spiro atoms. The number of methoxy groups -OCH3 is 1. The third-order valence-electron chi connectivity index (χ3n) is 4.06. The molecule has 0 bridgehead atoms. The number of ether oxygens (including phenoxy) is 1. The number of amides is 1. The van der Waals surface area contributed by atoms with Crippen LogP contribution in [0, 0.1) is 5.82 Å². The average molecular weight is 333 g/mol. The average Bonchev–Trinajstić information content (AvgIpc) is 3.26. The lowest BCUT2D eigenvalue weighted by Gasteiger charge is -2.22. The zero-order valence-electron chi connectivity index (χ0n) is 13.1. The molecule has 1 fully saturated rings. The predicted octanol–water partition coefficient (Wildman–Crippen LogP) is 4.02. The van der Waals surface area contributed by atoms with E-state index in [0.717, 1.165) is 18.4 Å². The second kappa shape index (κ2) is 7.13. The van der Waals surface area contributed by atoms with E-state index in [-0.39, 0.29) is 17.5 Å². The number of thiophene rings is 1. The molecule has 1 aromatic carbocycles. The van der Waals surface area contributed by atoms with Crippen molar-refractivity contribution in [1.82, 2.24) is 4.90 Å². The van der Waals surface area contributed by atoms with E-state index in [1.807, 2.05) is 22.4 Å². The smallest absolute Gasteiger partial charge is 0.223 e. The monoisotopic (exact) mass is 333 g/mol. The predicted molar refractivity (Wildman–Crippen MR) is 89.2 cm³/mol. The van der Waals surface area contributed by atoms with Gasteiger partial charge in [0.25, 0.3) is 0 Å². The third-order valence-corrected chi connectivity index (χ3v) is 4.92. The van der Waals surface area contributed by atoms with Crippen molar-refractivity contribution in [2.45, 2.75) is 38.3 Å². The maximum atomic E-state index is 13.7. The zero-order chi connectivity index (χ0) is 16.2. The highest BCUT2D eigenvalue weighted by Gasteiger charge is 2.32. The van der Waals surface area contributed by atoms with Crippen molar-refractivity contribution in [3.63, 3.8) is 0 Å². The van der Waals surface area contributed by atoms with Crippen molar-refractivity contribution >= 4 is 17.2 Å². The second-order valence-corrected chi connectivity index (χ2v) is 6.83. The Morgan fingerprint density at radius 2 is 2.22 bits per heavy atom. The number of benzene rings is 1. The van der Waals surface area contributed by atoms with Gasteiger partial charge in [-0.05, 0) is 48.4 Å². The van der Waals surface area contributed by atoms with Crippen molar-refractivity contribution < 1.29 is 13.9 Å². The maximum absolute atomic E-state index is 13.7. The molecular formula is C18H20FNO2S. The first-order chi connectivity index (χ1) is 11.2. The molecule has 5 heteroatoms. The van der Waals surface area contributed by atoms with Gasteiger partial charge >= 0.3 is 0 Å². The largest absolute Gasteiger partial charge is 0.494 e. The van der Waals surface area contributed by atoms with Crippen LogP contribution >= 0.6 is 11.3 Å². The zero-order valence-corrected chi connectivity index (χ0v) is 13.9. The summed E-state index contributed by atoms with van der Waals surface area (Å²) in [5.74, 6) is 0.00425. The molecule has 3 rings (SSSR count). The molecule has 0 atom stereocenters. The Hall–Kier alpha value is -1.88. The first-order valence-electron chi connectivity index (χ1n) is 7.81. The van der Waals surface area contributed by atoms with E-state index in [4.69, 9.17) is 4.74 Å². The fourth-order valence-electron chi connectivity index (χ4n) is 2.64. The summed E-state index contributed by atoms with van der Waals surface area (Å²) in [7, 11) is 1.44. The van der Waals surface area contributed by atoms with Gasteiger partial charge in [-0.1, -0.05) is 12.1 Å². The van der Waals surface area contributed by atoms with Gasteiger partial charge in [-0.2, -0.15) is 0 Å². The van der Waals surface area contributed by atoms with E-state index in [1.54, 1.807) is 17.4 Å². The Balaban J connectivity index is 1.59. The van der Waals surface area contributed by atoms with Gasteiger partial charge in [-0.25, -0.2) is 4.39 Å². The quantitative estimate of drug-likeness (QED) is 0.766. The number of halogens is 1. The summed E-state index contributed by atoms with van der Waals surface area (Å²) >= 11 is 1.68. The van der Waals surface area contributed by atoms with Crippen LogP contribution in [0.1, 0.15) is 29.7 Å². The summed E-state index contributed by atoms with van der Waals surface area (Å²) in [4.78, 5) is 15.7. The number of hydrogen-bond acceptors (Lipinski definition) is 3. The Labute approximate surface area is 139 Å². The Morgan fingerprint density at radius 1 is 1.39 bits per heavy atom. The molecule has 1 amide bonds. The fraction of sp³-hybridized carbons (Fsp3) is 0.389. The van der Waals surface area contributed by atoms with Crippen molar-refractivity contribution in [3.8, 4) is 5.75 Å². The molecule has 0 saturated heterocycles. The second-order valence-electron chi connectivity index (χ2n) is 5.80. The summed E-state index contributed by atoms with van der Waals surface area (Å²) in [6.07, 6.45) is 3.14. The fourth-order valence-corrected chi connectivity index (χ4v) is 3.34. The molecule has 2 aromatic rings. The van der Waals surface area contributed by atoms with Crippen LogP contribution in [-0.4, -0.2) is 24.0 Å². The molecule has 0 unspecified atom stereocenters. The van der Waals surface area contributed by atoms with Crippen molar-refractivity contribution in [1.29, 1.82) is 0 Å². The summed E-state index contributed by atoms with van der Waals surface area (Å²) < 4.78 is 18.6. The Morgan fingerprint density at radius 3 is 2.83 bits per heavy atom. The molecule has 1 saturated carbocycles. The van der Waals surface area contributed by atoms with E-state index < -0.39 is 0 Å². The number of nitrogens with zero attached hydrogens (tertiary/aromatic N) is 1. The van der Waals surface area contributed by atoms with Crippen LogP contribution < -0.4 is 4.74 Å².